The SMILES string of the molecule is CC(C)(CCl)C(=O)NCc1nnc(SCc2ccccc2)n1-c1ccc([N+](=O)[O-])cc1. The van der Waals surface area contributed by atoms with Crippen molar-refractivity contribution in [2.75, 3.05) is 5.88 Å². The van der Waals surface area contributed by atoms with Crippen LogP contribution in [0, 0.1) is 15.5 Å². The Morgan fingerprint density at radius 1 is 1.16 bits per heavy atom. The number of nitro groups is 1. The third kappa shape index (κ3) is 5.62. The lowest BCUT2D eigenvalue weighted by atomic mass is 9.95. The number of aromatic nitrogens is 3. The second-order valence-corrected chi connectivity index (χ2v) is 8.69. The number of carbonyl (C=O) groups is 1. The largest absolute Gasteiger partial charge is 0.348 e. The Hall–Kier alpha value is -2.91. The molecule has 1 amide bonds. The molecule has 0 unspecified atom stereocenters. The number of hydrogen-bond donors (Lipinski definition) is 1. The summed E-state index contributed by atoms with van der Waals surface area (Å²) in [7, 11) is 0. The molecule has 1 heterocycles. The number of nitro benzene ring substituents is 1. The number of amides is 1. The Kier molecular flexibility index (Phi) is 7.29. The summed E-state index contributed by atoms with van der Waals surface area (Å²) in [5, 5.41) is 23.0. The fraction of sp³-hybridized carbons (Fsp3) is 0.286. The van der Waals surface area contributed by atoms with Gasteiger partial charge in [-0.2, -0.15) is 0 Å². The smallest absolute Gasteiger partial charge is 0.269 e. The number of rotatable bonds is 9. The standard InChI is InChI=1S/C21H22ClN5O3S/c1-21(2,14-22)19(28)23-12-18-24-25-20(31-13-15-6-4-3-5-7-15)26(18)16-8-10-17(11-9-16)27(29)30/h3-11H,12-14H2,1-2H3,(H,23,28). The maximum atomic E-state index is 12.4. The van der Waals surface area contributed by atoms with E-state index in [1.807, 2.05) is 30.3 Å². The second-order valence-electron chi connectivity index (χ2n) is 7.48. The average molecular weight is 460 g/mol. The van der Waals surface area contributed by atoms with Gasteiger partial charge in [0.05, 0.1) is 16.9 Å². The van der Waals surface area contributed by atoms with E-state index >= 15 is 0 Å². The van der Waals surface area contributed by atoms with Crippen molar-refractivity contribution in [3.63, 3.8) is 0 Å². The zero-order valence-electron chi connectivity index (χ0n) is 17.1. The van der Waals surface area contributed by atoms with E-state index < -0.39 is 10.3 Å². The molecule has 0 saturated heterocycles. The summed E-state index contributed by atoms with van der Waals surface area (Å²) in [6, 6.07) is 16.1. The van der Waals surface area contributed by atoms with Gasteiger partial charge in [-0.1, -0.05) is 42.1 Å². The summed E-state index contributed by atoms with van der Waals surface area (Å²) in [6.45, 7) is 3.67. The first kappa shape index (κ1) is 22.8. The van der Waals surface area contributed by atoms with Crippen molar-refractivity contribution in [3.8, 4) is 5.69 Å². The van der Waals surface area contributed by atoms with Crippen molar-refractivity contribution >= 4 is 35.0 Å². The van der Waals surface area contributed by atoms with E-state index in [4.69, 9.17) is 11.6 Å². The molecule has 1 N–H and O–H groups in total. The number of hydrogen-bond acceptors (Lipinski definition) is 6. The number of nitrogens with one attached hydrogen (secondary N) is 1. The summed E-state index contributed by atoms with van der Waals surface area (Å²) in [6.07, 6.45) is 0. The molecule has 0 aliphatic rings. The van der Waals surface area contributed by atoms with Crippen molar-refractivity contribution in [3.05, 3.63) is 76.1 Å². The van der Waals surface area contributed by atoms with Gasteiger partial charge in [0.15, 0.2) is 11.0 Å². The predicted octanol–water partition coefficient (Wildman–Crippen LogP) is 4.35. The monoisotopic (exact) mass is 459 g/mol. The van der Waals surface area contributed by atoms with E-state index in [2.05, 4.69) is 15.5 Å². The number of halogens is 1. The summed E-state index contributed by atoms with van der Waals surface area (Å²) < 4.78 is 1.80. The van der Waals surface area contributed by atoms with E-state index in [0.717, 1.165) is 5.56 Å². The Balaban J connectivity index is 1.88. The highest BCUT2D eigenvalue weighted by molar-refractivity contribution is 7.98. The third-order valence-corrected chi connectivity index (χ3v) is 6.25. The number of thioether (sulfide) groups is 1. The van der Waals surface area contributed by atoms with Gasteiger partial charge in [-0.15, -0.1) is 21.8 Å². The molecule has 8 nitrogen and oxygen atoms in total. The summed E-state index contributed by atoms with van der Waals surface area (Å²) in [5.74, 6) is 1.19. The molecule has 0 aliphatic heterocycles. The van der Waals surface area contributed by atoms with Crippen LogP contribution in [0.15, 0.2) is 59.8 Å². The van der Waals surface area contributed by atoms with E-state index in [1.54, 1.807) is 30.5 Å². The molecule has 0 fully saturated rings. The van der Waals surface area contributed by atoms with Crippen molar-refractivity contribution < 1.29 is 9.72 Å². The molecule has 0 saturated carbocycles. The zero-order valence-corrected chi connectivity index (χ0v) is 18.7. The van der Waals surface area contributed by atoms with Crippen molar-refractivity contribution in [2.24, 2.45) is 5.41 Å². The highest BCUT2D eigenvalue weighted by atomic mass is 35.5. The number of non-ortho nitro benzene ring substituents is 1. The van der Waals surface area contributed by atoms with E-state index in [-0.39, 0.29) is 24.0 Å². The van der Waals surface area contributed by atoms with Crippen LogP contribution in [0.2, 0.25) is 0 Å². The lowest BCUT2D eigenvalue weighted by Crippen LogP contribution is -2.38. The summed E-state index contributed by atoms with van der Waals surface area (Å²) in [4.78, 5) is 23.0. The minimum atomic E-state index is -0.718. The number of benzene rings is 2. The lowest BCUT2D eigenvalue weighted by molar-refractivity contribution is -0.384. The van der Waals surface area contributed by atoms with Crippen LogP contribution in [0.4, 0.5) is 5.69 Å². The molecule has 1 aromatic heterocycles. The molecule has 0 spiro atoms. The first-order valence-electron chi connectivity index (χ1n) is 9.52. The van der Waals surface area contributed by atoms with Gasteiger partial charge >= 0.3 is 0 Å². The Morgan fingerprint density at radius 3 is 2.45 bits per heavy atom. The van der Waals surface area contributed by atoms with Crippen LogP contribution in [-0.4, -0.2) is 31.5 Å². The van der Waals surface area contributed by atoms with Crippen LogP contribution in [-0.2, 0) is 17.1 Å². The molecule has 10 heteroatoms. The highest BCUT2D eigenvalue weighted by Crippen LogP contribution is 2.26. The van der Waals surface area contributed by atoms with Crippen LogP contribution in [0.5, 0.6) is 0 Å². The molecule has 3 rings (SSSR count). The van der Waals surface area contributed by atoms with Gasteiger partial charge < -0.3 is 5.32 Å². The molecular weight excluding hydrogens is 438 g/mol. The Labute approximate surface area is 189 Å². The number of alkyl halides is 1. The fourth-order valence-electron chi connectivity index (χ4n) is 2.67. The summed E-state index contributed by atoms with van der Waals surface area (Å²) in [5.41, 5.74) is 1.08. The molecule has 162 valence electrons. The molecule has 3 aromatic rings. The second kappa shape index (κ2) is 9.93. The van der Waals surface area contributed by atoms with Gasteiger partial charge in [-0.25, -0.2) is 0 Å². The maximum absolute atomic E-state index is 12.4. The molecular formula is C21H22ClN5O3S. The summed E-state index contributed by atoms with van der Waals surface area (Å²) >= 11 is 7.38. The number of carbonyl (C=O) groups excluding carboxylic acids is 1. The van der Waals surface area contributed by atoms with Crippen LogP contribution >= 0.6 is 23.4 Å². The van der Waals surface area contributed by atoms with E-state index in [9.17, 15) is 14.9 Å². The topological polar surface area (TPSA) is 103 Å². The van der Waals surface area contributed by atoms with Gasteiger partial charge in [0.25, 0.3) is 5.69 Å². The molecule has 0 atom stereocenters. The number of nitrogens with zero attached hydrogens (tertiary/aromatic N) is 4. The van der Waals surface area contributed by atoms with Crippen LogP contribution in [0.25, 0.3) is 5.69 Å². The molecule has 0 bridgehead atoms. The normalized spacial score (nSPS) is 11.3. The fourth-order valence-corrected chi connectivity index (χ4v) is 3.72. The first-order chi connectivity index (χ1) is 14.8. The Morgan fingerprint density at radius 2 is 1.84 bits per heavy atom. The van der Waals surface area contributed by atoms with Gasteiger partial charge in [-0.05, 0) is 31.5 Å². The lowest BCUT2D eigenvalue weighted by Gasteiger charge is -2.20. The van der Waals surface area contributed by atoms with Gasteiger partial charge in [0.1, 0.15) is 0 Å². The van der Waals surface area contributed by atoms with Crippen molar-refractivity contribution in [1.82, 2.24) is 20.1 Å². The van der Waals surface area contributed by atoms with E-state index in [0.29, 0.717) is 22.4 Å². The zero-order chi connectivity index (χ0) is 22.4. The van der Waals surface area contributed by atoms with Gasteiger partial charge in [0, 0.05) is 29.5 Å². The van der Waals surface area contributed by atoms with Crippen molar-refractivity contribution in [2.45, 2.75) is 31.3 Å². The third-order valence-electron chi connectivity index (χ3n) is 4.59. The first-order valence-corrected chi connectivity index (χ1v) is 11.0. The van der Waals surface area contributed by atoms with Crippen LogP contribution < -0.4 is 5.32 Å². The highest BCUT2D eigenvalue weighted by Gasteiger charge is 2.27. The molecule has 0 aliphatic carbocycles. The van der Waals surface area contributed by atoms with E-state index in [1.165, 1.54) is 23.9 Å². The minimum Gasteiger partial charge on any atom is -0.348 e. The predicted molar refractivity (Wildman–Crippen MR) is 120 cm³/mol. The maximum Gasteiger partial charge on any atom is 0.269 e. The molecule has 2 aromatic carbocycles. The quantitative estimate of drug-likeness (QED) is 0.221. The van der Waals surface area contributed by atoms with Gasteiger partial charge in [-0.3, -0.25) is 19.5 Å². The van der Waals surface area contributed by atoms with Crippen LogP contribution in [0.1, 0.15) is 25.2 Å². The molecule has 31 heavy (non-hydrogen) atoms. The van der Waals surface area contributed by atoms with Gasteiger partial charge in [0.2, 0.25) is 5.91 Å². The molecule has 0 radical (unpaired) electrons. The van der Waals surface area contributed by atoms with Crippen molar-refractivity contribution in [1.29, 1.82) is 0 Å². The Bertz CT molecular complexity index is 1050. The van der Waals surface area contributed by atoms with Crippen LogP contribution in [0.3, 0.4) is 0 Å². The minimum absolute atomic E-state index is 0.00553. The average Bonchev–Trinajstić information content (AvgIpc) is 3.19.